The van der Waals surface area contributed by atoms with Crippen LogP contribution >= 0.6 is 11.6 Å². The first-order valence-electron chi connectivity index (χ1n) is 7.63. The van der Waals surface area contributed by atoms with E-state index in [0.717, 1.165) is 19.4 Å². The van der Waals surface area contributed by atoms with Gasteiger partial charge in [-0.15, -0.1) is 0 Å². The molecule has 120 valence electrons. The number of nitrogens with one attached hydrogen (secondary N) is 1. The zero-order valence-corrected chi connectivity index (χ0v) is 13.4. The highest BCUT2D eigenvalue weighted by Crippen LogP contribution is 2.22. The van der Waals surface area contributed by atoms with Crippen LogP contribution in [0.15, 0.2) is 48.5 Å². The summed E-state index contributed by atoms with van der Waals surface area (Å²) in [5, 5.41) is 3.47. The Morgan fingerprint density at radius 3 is 2.74 bits per heavy atom. The highest BCUT2D eigenvalue weighted by molar-refractivity contribution is 6.30. The van der Waals surface area contributed by atoms with Gasteiger partial charge in [-0.05, 0) is 49.2 Å². The molecule has 1 N–H and O–H groups in total. The SMILES string of the molecule is O=C(Nc1ccc(Cl)cc1)c1ccccc1OCC1CCCO1. The van der Waals surface area contributed by atoms with Crippen LogP contribution in [-0.4, -0.2) is 25.2 Å². The van der Waals surface area contributed by atoms with Crippen LogP contribution in [0.2, 0.25) is 5.02 Å². The Morgan fingerprint density at radius 1 is 1.22 bits per heavy atom. The van der Waals surface area contributed by atoms with Crippen LogP contribution in [0.3, 0.4) is 0 Å². The van der Waals surface area contributed by atoms with E-state index in [9.17, 15) is 4.79 Å². The molecule has 1 atom stereocenters. The highest BCUT2D eigenvalue weighted by Gasteiger charge is 2.18. The number of benzene rings is 2. The first kappa shape index (κ1) is 15.8. The van der Waals surface area contributed by atoms with Crippen molar-refractivity contribution in [1.82, 2.24) is 0 Å². The molecule has 0 radical (unpaired) electrons. The van der Waals surface area contributed by atoms with Gasteiger partial charge in [0.1, 0.15) is 12.4 Å². The number of hydrogen-bond acceptors (Lipinski definition) is 3. The molecule has 1 aliphatic heterocycles. The molecular weight excluding hydrogens is 314 g/mol. The first-order valence-corrected chi connectivity index (χ1v) is 8.00. The van der Waals surface area contributed by atoms with Gasteiger partial charge < -0.3 is 14.8 Å². The molecule has 0 spiro atoms. The Labute approximate surface area is 140 Å². The molecule has 2 aromatic rings. The average molecular weight is 332 g/mol. The monoisotopic (exact) mass is 331 g/mol. The largest absolute Gasteiger partial charge is 0.490 e. The molecule has 23 heavy (non-hydrogen) atoms. The lowest BCUT2D eigenvalue weighted by atomic mass is 10.1. The van der Waals surface area contributed by atoms with E-state index in [-0.39, 0.29) is 12.0 Å². The van der Waals surface area contributed by atoms with E-state index in [4.69, 9.17) is 21.1 Å². The molecule has 2 aromatic carbocycles. The molecule has 0 bridgehead atoms. The zero-order valence-electron chi connectivity index (χ0n) is 12.6. The normalized spacial score (nSPS) is 17.0. The van der Waals surface area contributed by atoms with Crippen LogP contribution in [0, 0.1) is 0 Å². The molecule has 4 nitrogen and oxygen atoms in total. The number of para-hydroxylation sites is 1. The summed E-state index contributed by atoms with van der Waals surface area (Å²) in [4.78, 5) is 12.5. The lowest BCUT2D eigenvalue weighted by molar-refractivity contribution is 0.0673. The van der Waals surface area contributed by atoms with Gasteiger partial charge in [-0.3, -0.25) is 4.79 Å². The van der Waals surface area contributed by atoms with Crippen molar-refractivity contribution in [1.29, 1.82) is 0 Å². The Kier molecular flexibility index (Phi) is 5.16. The van der Waals surface area contributed by atoms with Crippen LogP contribution in [0.5, 0.6) is 5.75 Å². The number of hydrogen-bond donors (Lipinski definition) is 1. The molecule has 1 saturated heterocycles. The lowest BCUT2D eigenvalue weighted by Gasteiger charge is -2.14. The van der Waals surface area contributed by atoms with Gasteiger partial charge in [0.15, 0.2) is 0 Å². The highest BCUT2D eigenvalue weighted by atomic mass is 35.5. The molecule has 3 rings (SSSR count). The Bertz CT molecular complexity index is 666. The fraction of sp³-hybridized carbons (Fsp3) is 0.278. The second kappa shape index (κ2) is 7.49. The Morgan fingerprint density at radius 2 is 2.00 bits per heavy atom. The van der Waals surface area contributed by atoms with E-state index in [1.807, 2.05) is 12.1 Å². The summed E-state index contributed by atoms with van der Waals surface area (Å²) in [6.07, 6.45) is 2.17. The molecule has 1 unspecified atom stereocenters. The van der Waals surface area contributed by atoms with E-state index in [1.54, 1.807) is 36.4 Å². The average Bonchev–Trinajstić information content (AvgIpc) is 3.09. The molecule has 0 saturated carbocycles. The first-order chi connectivity index (χ1) is 11.2. The van der Waals surface area contributed by atoms with Gasteiger partial charge in [0.2, 0.25) is 0 Å². The summed E-state index contributed by atoms with van der Waals surface area (Å²) in [7, 11) is 0. The minimum absolute atomic E-state index is 0.113. The molecule has 1 fully saturated rings. The van der Waals surface area contributed by atoms with E-state index in [0.29, 0.717) is 28.6 Å². The third kappa shape index (κ3) is 4.24. The quantitative estimate of drug-likeness (QED) is 0.895. The van der Waals surface area contributed by atoms with Crippen LogP contribution in [-0.2, 0) is 4.74 Å². The number of amides is 1. The van der Waals surface area contributed by atoms with Crippen molar-refractivity contribution < 1.29 is 14.3 Å². The van der Waals surface area contributed by atoms with Crippen molar-refractivity contribution in [2.24, 2.45) is 0 Å². The smallest absolute Gasteiger partial charge is 0.259 e. The summed E-state index contributed by atoms with van der Waals surface area (Å²) in [6.45, 7) is 1.25. The topological polar surface area (TPSA) is 47.6 Å². The van der Waals surface area contributed by atoms with Crippen molar-refractivity contribution in [2.45, 2.75) is 18.9 Å². The standard InChI is InChI=1S/C18H18ClNO3/c19-13-7-9-14(10-8-13)20-18(21)16-5-1-2-6-17(16)23-12-15-4-3-11-22-15/h1-2,5-10,15H,3-4,11-12H2,(H,20,21). The van der Waals surface area contributed by atoms with Crippen molar-refractivity contribution in [3.8, 4) is 5.75 Å². The van der Waals surface area contributed by atoms with Gasteiger partial charge in [-0.1, -0.05) is 23.7 Å². The van der Waals surface area contributed by atoms with Crippen LogP contribution in [0.25, 0.3) is 0 Å². The fourth-order valence-electron chi connectivity index (χ4n) is 2.47. The summed E-state index contributed by atoms with van der Waals surface area (Å²) in [6, 6.07) is 14.2. The molecule has 0 aliphatic carbocycles. The summed E-state index contributed by atoms with van der Waals surface area (Å²) in [5.41, 5.74) is 1.19. The lowest BCUT2D eigenvalue weighted by Crippen LogP contribution is -2.19. The number of ether oxygens (including phenoxy) is 2. The minimum Gasteiger partial charge on any atom is -0.490 e. The number of carbonyl (C=O) groups excluding carboxylic acids is 1. The predicted molar refractivity (Wildman–Crippen MR) is 90.3 cm³/mol. The molecule has 1 amide bonds. The molecule has 5 heteroatoms. The van der Waals surface area contributed by atoms with Crippen LogP contribution in [0.1, 0.15) is 23.2 Å². The van der Waals surface area contributed by atoms with E-state index < -0.39 is 0 Å². The van der Waals surface area contributed by atoms with E-state index in [1.165, 1.54) is 0 Å². The fourth-order valence-corrected chi connectivity index (χ4v) is 2.60. The van der Waals surface area contributed by atoms with Crippen molar-refractivity contribution in [2.75, 3.05) is 18.5 Å². The number of carbonyl (C=O) groups is 1. The number of rotatable bonds is 5. The van der Waals surface area contributed by atoms with Gasteiger partial charge in [0.05, 0.1) is 11.7 Å². The Hall–Kier alpha value is -2.04. The van der Waals surface area contributed by atoms with Crippen molar-refractivity contribution in [3.63, 3.8) is 0 Å². The molecule has 1 heterocycles. The van der Waals surface area contributed by atoms with Crippen LogP contribution < -0.4 is 10.1 Å². The minimum atomic E-state index is -0.213. The molecule has 1 aliphatic rings. The van der Waals surface area contributed by atoms with Gasteiger partial charge in [-0.25, -0.2) is 0 Å². The Balaban J connectivity index is 1.68. The zero-order chi connectivity index (χ0) is 16.1. The molecule has 0 aromatic heterocycles. The summed E-state index contributed by atoms with van der Waals surface area (Å²) in [5.74, 6) is 0.352. The number of halogens is 1. The van der Waals surface area contributed by atoms with Gasteiger partial charge in [0.25, 0.3) is 5.91 Å². The summed E-state index contributed by atoms with van der Waals surface area (Å²) < 4.78 is 11.3. The second-order valence-corrected chi connectivity index (χ2v) is 5.84. The van der Waals surface area contributed by atoms with Crippen molar-refractivity contribution in [3.05, 3.63) is 59.1 Å². The maximum atomic E-state index is 12.5. The maximum absolute atomic E-state index is 12.5. The summed E-state index contributed by atoms with van der Waals surface area (Å²) >= 11 is 5.85. The maximum Gasteiger partial charge on any atom is 0.259 e. The third-order valence-corrected chi connectivity index (χ3v) is 3.93. The van der Waals surface area contributed by atoms with Gasteiger partial charge in [-0.2, -0.15) is 0 Å². The second-order valence-electron chi connectivity index (χ2n) is 5.40. The van der Waals surface area contributed by atoms with E-state index in [2.05, 4.69) is 5.32 Å². The van der Waals surface area contributed by atoms with Crippen molar-refractivity contribution >= 4 is 23.2 Å². The predicted octanol–water partition coefficient (Wildman–Crippen LogP) is 4.15. The number of anilines is 1. The third-order valence-electron chi connectivity index (χ3n) is 3.68. The van der Waals surface area contributed by atoms with Gasteiger partial charge >= 0.3 is 0 Å². The van der Waals surface area contributed by atoms with Gasteiger partial charge in [0, 0.05) is 17.3 Å². The van der Waals surface area contributed by atoms with E-state index >= 15 is 0 Å². The van der Waals surface area contributed by atoms with Crippen LogP contribution in [0.4, 0.5) is 5.69 Å². The molecular formula is C18H18ClNO3.